The van der Waals surface area contributed by atoms with Crippen LogP contribution < -0.4 is 16.0 Å². The molecule has 0 unspecified atom stereocenters. The van der Waals surface area contributed by atoms with E-state index in [1.807, 2.05) is 0 Å². The number of hydrogen-bond donors (Lipinski definition) is 2. The van der Waals surface area contributed by atoms with Gasteiger partial charge in [0.2, 0.25) is 5.91 Å². The van der Waals surface area contributed by atoms with Crippen molar-refractivity contribution in [2.75, 3.05) is 36.5 Å². The van der Waals surface area contributed by atoms with Crippen molar-refractivity contribution < 1.29 is 36.7 Å². The van der Waals surface area contributed by atoms with Gasteiger partial charge in [-0.05, 0) is 31.0 Å². The normalized spacial score (nSPS) is 18.6. The number of amides is 3. The van der Waals surface area contributed by atoms with Crippen LogP contribution in [-0.4, -0.2) is 67.2 Å². The van der Waals surface area contributed by atoms with E-state index in [9.17, 15) is 31.9 Å². The Morgan fingerprint density at radius 1 is 1.32 bits per heavy atom. The Hall–Kier alpha value is -2.73. The van der Waals surface area contributed by atoms with Gasteiger partial charge in [0.15, 0.2) is 6.04 Å². The fraction of sp³-hybridized carbons (Fsp3) is 0.526. The summed E-state index contributed by atoms with van der Waals surface area (Å²) < 4.78 is 58.7. The molecule has 2 aliphatic rings. The van der Waals surface area contributed by atoms with Gasteiger partial charge in [-0.15, -0.1) is 0 Å². The van der Waals surface area contributed by atoms with Crippen LogP contribution >= 0.6 is 0 Å². The van der Waals surface area contributed by atoms with Crippen molar-refractivity contribution in [3.05, 3.63) is 24.0 Å². The van der Waals surface area contributed by atoms with Crippen LogP contribution in [0.1, 0.15) is 19.3 Å². The van der Waals surface area contributed by atoms with E-state index in [-0.39, 0.29) is 37.0 Å². The molecule has 0 spiro atoms. The van der Waals surface area contributed by atoms with Crippen molar-refractivity contribution in [1.29, 1.82) is 0 Å². The summed E-state index contributed by atoms with van der Waals surface area (Å²) in [5, 5.41) is 2.15. The molecule has 1 aromatic rings. The number of primary amides is 1. The van der Waals surface area contributed by atoms with Crippen LogP contribution in [-0.2, 0) is 19.1 Å². The molecule has 1 heterocycles. The van der Waals surface area contributed by atoms with Crippen molar-refractivity contribution in [3.63, 3.8) is 0 Å². The van der Waals surface area contributed by atoms with Crippen molar-refractivity contribution in [2.45, 2.75) is 37.5 Å². The average Bonchev–Trinajstić information content (AvgIpc) is 2.61. The number of nitrogens with zero attached hydrogens (tertiary/aromatic N) is 2. The number of halogens is 4. The topological polar surface area (TPSA) is 105 Å². The van der Waals surface area contributed by atoms with Crippen LogP contribution in [0.25, 0.3) is 0 Å². The number of ether oxygens (including phenoxy) is 1. The van der Waals surface area contributed by atoms with Crippen LogP contribution in [0.5, 0.6) is 0 Å². The Balaban J connectivity index is 1.78. The van der Waals surface area contributed by atoms with Gasteiger partial charge in [0.05, 0.1) is 18.8 Å². The Kier molecular flexibility index (Phi) is 6.80. The number of hydrogen-bond acceptors (Lipinski definition) is 5. The summed E-state index contributed by atoms with van der Waals surface area (Å²) in [7, 11) is 0. The molecular formula is C19H22F4N4O4. The van der Waals surface area contributed by atoms with E-state index in [1.165, 1.54) is 17.0 Å². The first kappa shape index (κ1) is 22.9. The summed E-state index contributed by atoms with van der Waals surface area (Å²) in [6.07, 6.45) is -3.20. The fourth-order valence-electron chi connectivity index (χ4n) is 3.57. The van der Waals surface area contributed by atoms with Crippen molar-refractivity contribution >= 4 is 29.1 Å². The second-order valence-electron chi connectivity index (χ2n) is 7.43. The molecule has 31 heavy (non-hydrogen) atoms. The molecule has 0 bridgehead atoms. The van der Waals surface area contributed by atoms with Gasteiger partial charge in [-0.1, -0.05) is 6.42 Å². The van der Waals surface area contributed by atoms with Crippen molar-refractivity contribution in [2.24, 2.45) is 5.73 Å². The minimum atomic E-state index is -4.65. The standard InChI is InChI=1S/C19H22F4N4O4/c20-13-8-12(26-6-7-31-9-15(26)28)4-5-14(13)25-18(30)16(17(24)29)27(10-19(21,22)23)11-2-1-3-11/h4-5,8,11,16H,1-3,6-7,9-10H2,(H2,24,29)(H,25,30)/t16-/m1/s1. The predicted octanol–water partition coefficient (Wildman–Crippen LogP) is 1.40. The first-order chi connectivity index (χ1) is 14.6. The Labute approximate surface area is 175 Å². The summed E-state index contributed by atoms with van der Waals surface area (Å²) in [5.41, 5.74) is 5.14. The largest absolute Gasteiger partial charge is 0.401 e. The van der Waals surface area contributed by atoms with E-state index in [4.69, 9.17) is 10.5 Å². The third-order valence-corrected chi connectivity index (χ3v) is 5.26. The van der Waals surface area contributed by atoms with E-state index >= 15 is 0 Å². The number of nitrogens with one attached hydrogen (secondary N) is 1. The molecule has 1 aromatic carbocycles. The lowest BCUT2D eigenvalue weighted by Gasteiger charge is -2.40. The molecular weight excluding hydrogens is 424 g/mol. The molecule has 1 aliphatic heterocycles. The molecule has 8 nitrogen and oxygen atoms in total. The van der Waals surface area contributed by atoms with Crippen LogP contribution in [0.4, 0.5) is 28.9 Å². The summed E-state index contributed by atoms with van der Waals surface area (Å²) in [4.78, 5) is 38.4. The Morgan fingerprint density at radius 3 is 2.55 bits per heavy atom. The molecule has 1 atom stereocenters. The minimum Gasteiger partial charge on any atom is -0.370 e. The summed E-state index contributed by atoms with van der Waals surface area (Å²) >= 11 is 0. The predicted molar refractivity (Wildman–Crippen MR) is 102 cm³/mol. The highest BCUT2D eigenvalue weighted by Crippen LogP contribution is 2.31. The van der Waals surface area contributed by atoms with Gasteiger partial charge in [0, 0.05) is 18.3 Å². The van der Waals surface area contributed by atoms with E-state index in [0.29, 0.717) is 19.3 Å². The third-order valence-electron chi connectivity index (χ3n) is 5.26. The maximum atomic E-state index is 14.6. The summed E-state index contributed by atoms with van der Waals surface area (Å²) in [5.74, 6) is -3.69. The zero-order valence-electron chi connectivity index (χ0n) is 16.5. The zero-order chi connectivity index (χ0) is 22.8. The number of anilines is 2. The second kappa shape index (κ2) is 9.18. The molecule has 3 N–H and O–H groups in total. The molecule has 3 amide bonds. The second-order valence-corrected chi connectivity index (χ2v) is 7.43. The van der Waals surface area contributed by atoms with E-state index in [0.717, 1.165) is 11.0 Å². The maximum Gasteiger partial charge on any atom is 0.401 e. The highest BCUT2D eigenvalue weighted by molar-refractivity contribution is 6.09. The van der Waals surface area contributed by atoms with Crippen molar-refractivity contribution in [1.82, 2.24) is 4.90 Å². The lowest BCUT2D eigenvalue weighted by Crippen LogP contribution is -2.59. The van der Waals surface area contributed by atoms with E-state index in [1.54, 1.807) is 0 Å². The molecule has 1 saturated heterocycles. The van der Waals surface area contributed by atoms with Gasteiger partial charge < -0.3 is 20.7 Å². The highest BCUT2D eigenvalue weighted by atomic mass is 19.4. The van der Waals surface area contributed by atoms with Gasteiger partial charge in [-0.3, -0.25) is 19.3 Å². The number of morpholine rings is 1. The Morgan fingerprint density at radius 2 is 2.03 bits per heavy atom. The van der Waals surface area contributed by atoms with Crippen LogP contribution in [0.3, 0.4) is 0 Å². The number of carbonyl (C=O) groups excluding carboxylic acids is 3. The van der Waals surface area contributed by atoms with Gasteiger partial charge >= 0.3 is 6.18 Å². The molecule has 3 rings (SSSR count). The third kappa shape index (κ3) is 5.50. The number of rotatable bonds is 7. The highest BCUT2D eigenvalue weighted by Gasteiger charge is 2.44. The maximum absolute atomic E-state index is 14.6. The quantitative estimate of drug-likeness (QED) is 0.487. The van der Waals surface area contributed by atoms with Crippen molar-refractivity contribution in [3.8, 4) is 0 Å². The molecule has 0 aromatic heterocycles. The smallest absolute Gasteiger partial charge is 0.370 e. The summed E-state index contributed by atoms with van der Waals surface area (Å²) in [6, 6.07) is 1.02. The first-order valence-electron chi connectivity index (χ1n) is 9.67. The van der Waals surface area contributed by atoms with E-state index < -0.39 is 42.4 Å². The number of benzene rings is 1. The lowest BCUT2D eigenvalue weighted by atomic mass is 9.90. The van der Waals surface area contributed by atoms with Gasteiger partial charge in [-0.2, -0.15) is 13.2 Å². The SMILES string of the molecule is NC(=O)[C@H](C(=O)Nc1ccc(N2CCOCC2=O)cc1F)N(CC(F)(F)F)C1CCC1. The molecule has 1 saturated carbocycles. The molecule has 0 radical (unpaired) electrons. The molecule has 1 aliphatic carbocycles. The lowest BCUT2D eigenvalue weighted by molar-refractivity contribution is -0.165. The fourth-order valence-corrected chi connectivity index (χ4v) is 3.57. The van der Waals surface area contributed by atoms with Gasteiger partial charge in [0.1, 0.15) is 12.4 Å². The molecule has 2 fully saturated rings. The average molecular weight is 446 g/mol. The molecule has 12 heteroatoms. The number of nitrogens with two attached hydrogens (primary N) is 1. The number of alkyl halides is 3. The van der Waals surface area contributed by atoms with Crippen LogP contribution in [0.15, 0.2) is 18.2 Å². The Bertz CT molecular complexity index is 860. The van der Waals surface area contributed by atoms with Crippen LogP contribution in [0.2, 0.25) is 0 Å². The first-order valence-corrected chi connectivity index (χ1v) is 9.67. The minimum absolute atomic E-state index is 0.142. The van der Waals surface area contributed by atoms with Gasteiger partial charge in [0.25, 0.3) is 11.8 Å². The van der Waals surface area contributed by atoms with Gasteiger partial charge in [-0.25, -0.2) is 4.39 Å². The van der Waals surface area contributed by atoms with E-state index in [2.05, 4.69) is 5.32 Å². The van der Waals surface area contributed by atoms with Crippen LogP contribution in [0, 0.1) is 5.82 Å². The monoisotopic (exact) mass is 446 g/mol. The molecule has 170 valence electrons. The number of carbonyl (C=O) groups is 3. The zero-order valence-corrected chi connectivity index (χ0v) is 16.5. The summed E-state index contributed by atoms with van der Waals surface area (Å²) in [6.45, 7) is -1.13.